The number of aryl methyl sites for hydroxylation is 1. The van der Waals surface area contributed by atoms with Crippen LogP contribution in [0.2, 0.25) is 0 Å². The van der Waals surface area contributed by atoms with E-state index in [0.717, 1.165) is 24.2 Å². The third-order valence-electron chi connectivity index (χ3n) is 3.12. The van der Waals surface area contributed by atoms with E-state index in [9.17, 15) is 5.11 Å². The Morgan fingerprint density at radius 3 is 3.12 bits per heavy atom. The molecular formula is C12H12N2O2. The lowest BCUT2D eigenvalue weighted by Crippen LogP contribution is -2.32. The van der Waals surface area contributed by atoms with Gasteiger partial charge in [-0.05, 0) is 18.9 Å². The van der Waals surface area contributed by atoms with E-state index in [0.29, 0.717) is 12.1 Å². The fraction of sp³-hybridized carbons (Fsp3) is 0.333. The Morgan fingerprint density at radius 1 is 1.38 bits per heavy atom. The van der Waals surface area contributed by atoms with E-state index in [4.69, 9.17) is 4.42 Å². The maximum absolute atomic E-state index is 10.7. The molecule has 0 amide bonds. The van der Waals surface area contributed by atoms with Gasteiger partial charge in [-0.15, -0.1) is 0 Å². The highest BCUT2D eigenvalue weighted by Crippen LogP contribution is 2.39. The second-order valence-corrected chi connectivity index (χ2v) is 4.06. The van der Waals surface area contributed by atoms with Gasteiger partial charge in [0.25, 0.3) is 0 Å². The minimum Gasteiger partial charge on any atom is -0.469 e. The first kappa shape index (κ1) is 9.54. The van der Waals surface area contributed by atoms with Crippen LogP contribution in [0.4, 0.5) is 0 Å². The van der Waals surface area contributed by atoms with Gasteiger partial charge in [0.05, 0.1) is 18.2 Å². The van der Waals surface area contributed by atoms with E-state index in [2.05, 4.69) is 9.97 Å². The maximum atomic E-state index is 10.7. The van der Waals surface area contributed by atoms with Crippen LogP contribution in [0, 0.1) is 0 Å². The van der Waals surface area contributed by atoms with Gasteiger partial charge < -0.3 is 9.52 Å². The zero-order chi connectivity index (χ0) is 11.0. The molecule has 2 heterocycles. The number of furan rings is 1. The molecule has 82 valence electrons. The van der Waals surface area contributed by atoms with Gasteiger partial charge >= 0.3 is 0 Å². The van der Waals surface area contributed by atoms with Crippen LogP contribution in [0.25, 0.3) is 0 Å². The normalized spacial score (nSPS) is 24.1. The quantitative estimate of drug-likeness (QED) is 0.787. The van der Waals surface area contributed by atoms with Crippen LogP contribution < -0.4 is 0 Å². The molecule has 1 aliphatic rings. The molecule has 4 nitrogen and oxygen atoms in total. The molecule has 0 saturated carbocycles. The standard InChI is InChI=1S/C12H12N2O2/c15-12(11-8-13-5-6-14-11)4-1-2-10-9(12)3-7-16-10/h3,5-8,15H,1-2,4H2. The Labute approximate surface area is 93.0 Å². The average molecular weight is 216 g/mol. The highest BCUT2D eigenvalue weighted by Gasteiger charge is 2.39. The molecule has 0 fully saturated rings. The Bertz CT molecular complexity index is 495. The molecule has 0 radical (unpaired) electrons. The Kier molecular flexibility index (Phi) is 2.04. The van der Waals surface area contributed by atoms with Gasteiger partial charge in [0.1, 0.15) is 11.4 Å². The number of hydrogen-bond donors (Lipinski definition) is 1. The fourth-order valence-corrected chi connectivity index (χ4v) is 2.32. The lowest BCUT2D eigenvalue weighted by atomic mass is 9.81. The van der Waals surface area contributed by atoms with Gasteiger partial charge in [-0.2, -0.15) is 0 Å². The average Bonchev–Trinajstić information content (AvgIpc) is 2.80. The van der Waals surface area contributed by atoms with Crippen molar-refractivity contribution in [3.05, 3.63) is 47.9 Å². The molecule has 1 atom stereocenters. The van der Waals surface area contributed by atoms with Crippen molar-refractivity contribution in [2.75, 3.05) is 0 Å². The summed E-state index contributed by atoms with van der Waals surface area (Å²) in [4.78, 5) is 8.21. The molecule has 0 aromatic carbocycles. The van der Waals surface area contributed by atoms with Crippen LogP contribution in [-0.4, -0.2) is 15.1 Å². The number of fused-ring (bicyclic) bond motifs is 1. The van der Waals surface area contributed by atoms with Crippen molar-refractivity contribution in [1.82, 2.24) is 9.97 Å². The first-order chi connectivity index (χ1) is 7.81. The van der Waals surface area contributed by atoms with Gasteiger partial charge in [-0.25, -0.2) is 0 Å². The van der Waals surface area contributed by atoms with Crippen molar-refractivity contribution in [3.8, 4) is 0 Å². The van der Waals surface area contributed by atoms with Crippen molar-refractivity contribution in [2.24, 2.45) is 0 Å². The molecule has 0 spiro atoms. The van der Waals surface area contributed by atoms with Crippen molar-refractivity contribution in [1.29, 1.82) is 0 Å². The first-order valence-electron chi connectivity index (χ1n) is 5.36. The van der Waals surface area contributed by atoms with Crippen LogP contribution in [-0.2, 0) is 12.0 Å². The Morgan fingerprint density at radius 2 is 2.31 bits per heavy atom. The molecule has 4 heteroatoms. The van der Waals surface area contributed by atoms with Gasteiger partial charge in [0, 0.05) is 24.4 Å². The summed E-state index contributed by atoms with van der Waals surface area (Å²) in [6.07, 6.45) is 8.88. The van der Waals surface area contributed by atoms with Gasteiger partial charge in [0.15, 0.2) is 0 Å². The summed E-state index contributed by atoms with van der Waals surface area (Å²) in [5, 5.41) is 10.7. The molecular weight excluding hydrogens is 204 g/mol. The lowest BCUT2D eigenvalue weighted by Gasteiger charge is -2.30. The summed E-state index contributed by atoms with van der Waals surface area (Å²) in [7, 11) is 0. The van der Waals surface area contributed by atoms with Crippen LogP contribution >= 0.6 is 0 Å². The lowest BCUT2D eigenvalue weighted by molar-refractivity contribution is 0.0542. The topological polar surface area (TPSA) is 59.2 Å². The smallest absolute Gasteiger partial charge is 0.136 e. The summed E-state index contributed by atoms with van der Waals surface area (Å²) < 4.78 is 5.36. The highest BCUT2D eigenvalue weighted by molar-refractivity contribution is 5.35. The third-order valence-corrected chi connectivity index (χ3v) is 3.12. The summed E-state index contributed by atoms with van der Waals surface area (Å²) in [5.74, 6) is 0.861. The SMILES string of the molecule is OC1(c2cnccn2)CCCc2occc21. The molecule has 1 aliphatic carbocycles. The summed E-state index contributed by atoms with van der Waals surface area (Å²) in [6.45, 7) is 0. The number of hydrogen-bond acceptors (Lipinski definition) is 4. The summed E-state index contributed by atoms with van der Waals surface area (Å²) in [6, 6.07) is 1.82. The van der Waals surface area contributed by atoms with Crippen LogP contribution in [0.5, 0.6) is 0 Å². The fourth-order valence-electron chi connectivity index (χ4n) is 2.32. The monoisotopic (exact) mass is 216 g/mol. The second-order valence-electron chi connectivity index (χ2n) is 4.06. The van der Waals surface area contributed by atoms with Crippen molar-refractivity contribution >= 4 is 0 Å². The van der Waals surface area contributed by atoms with E-state index in [-0.39, 0.29) is 0 Å². The van der Waals surface area contributed by atoms with Gasteiger partial charge in [-0.3, -0.25) is 9.97 Å². The second kappa shape index (κ2) is 3.42. The third kappa shape index (κ3) is 1.27. The minimum atomic E-state index is -1.03. The van der Waals surface area contributed by atoms with Gasteiger partial charge in [0.2, 0.25) is 0 Å². The molecule has 0 bridgehead atoms. The van der Waals surface area contributed by atoms with E-state index in [1.165, 1.54) is 0 Å². The molecule has 2 aromatic rings. The summed E-state index contributed by atoms with van der Waals surface area (Å²) in [5.41, 5.74) is 0.395. The predicted molar refractivity (Wildman–Crippen MR) is 56.7 cm³/mol. The molecule has 3 rings (SSSR count). The maximum Gasteiger partial charge on any atom is 0.136 e. The number of aliphatic hydroxyl groups is 1. The molecule has 16 heavy (non-hydrogen) atoms. The van der Waals surface area contributed by atoms with E-state index < -0.39 is 5.60 Å². The first-order valence-corrected chi connectivity index (χ1v) is 5.36. The molecule has 1 unspecified atom stereocenters. The zero-order valence-corrected chi connectivity index (χ0v) is 8.76. The Balaban J connectivity index is 2.14. The van der Waals surface area contributed by atoms with Crippen LogP contribution in [0.1, 0.15) is 29.9 Å². The number of nitrogens with zero attached hydrogens (tertiary/aromatic N) is 2. The van der Waals surface area contributed by atoms with Crippen LogP contribution in [0.15, 0.2) is 35.3 Å². The van der Waals surface area contributed by atoms with E-state index in [1.807, 2.05) is 6.07 Å². The van der Waals surface area contributed by atoms with E-state index >= 15 is 0 Å². The molecule has 0 saturated heterocycles. The predicted octanol–water partition coefficient (Wildman–Crippen LogP) is 1.64. The van der Waals surface area contributed by atoms with Crippen molar-refractivity contribution in [2.45, 2.75) is 24.9 Å². The number of rotatable bonds is 1. The zero-order valence-electron chi connectivity index (χ0n) is 8.76. The van der Waals surface area contributed by atoms with E-state index in [1.54, 1.807) is 24.9 Å². The van der Waals surface area contributed by atoms with Gasteiger partial charge in [-0.1, -0.05) is 0 Å². The molecule has 1 N–H and O–H groups in total. The van der Waals surface area contributed by atoms with Crippen molar-refractivity contribution in [3.63, 3.8) is 0 Å². The Hall–Kier alpha value is -1.68. The number of aromatic nitrogens is 2. The molecule has 2 aromatic heterocycles. The molecule has 0 aliphatic heterocycles. The van der Waals surface area contributed by atoms with Crippen LogP contribution in [0.3, 0.4) is 0 Å². The largest absolute Gasteiger partial charge is 0.469 e. The minimum absolute atomic E-state index is 0.595. The van der Waals surface area contributed by atoms with Crippen molar-refractivity contribution < 1.29 is 9.52 Å². The summed E-state index contributed by atoms with van der Waals surface area (Å²) >= 11 is 0. The highest BCUT2D eigenvalue weighted by atomic mass is 16.3.